The van der Waals surface area contributed by atoms with Crippen molar-refractivity contribution in [3.8, 4) is 0 Å². The summed E-state index contributed by atoms with van der Waals surface area (Å²) >= 11 is 0. The van der Waals surface area contributed by atoms with Gasteiger partial charge in [0.15, 0.2) is 0 Å². The van der Waals surface area contributed by atoms with Gasteiger partial charge in [-0.25, -0.2) is 0 Å². The summed E-state index contributed by atoms with van der Waals surface area (Å²) in [7, 11) is 0. The molecule has 2 rings (SSSR count). The van der Waals surface area contributed by atoms with Crippen molar-refractivity contribution < 1.29 is 5.11 Å². The van der Waals surface area contributed by atoms with Crippen molar-refractivity contribution in [2.75, 3.05) is 13.1 Å². The lowest BCUT2D eigenvalue weighted by molar-refractivity contribution is 0.0587. The van der Waals surface area contributed by atoms with Gasteiger partial charge in [-0.15, -0.1) is 0 Å². The van der Waals surface area contributed by atoms with Gasteiger partial charge >= 0.3 is 0 Å². The van der Waals surface area contributed by atoms with Crippen molar-refractivity contribution in [3.63, 3.8) is 0 Å². The van der Waals surface area contributed by atoms with E-state index in [0.29, 0.717) is 0 Å². The van der Waals surface area contributed by atoms with Gasteiger partial charge in [0.1, 0.15) is 0 Å². The number of hydrogen-bond acceptors (Lipinski definition) is 2. The normalized spacial score (nSPS) is 21.9. The third kappa shape index (κ3) is 3.37. The van der Waals surface area contributed by atoms with Gasteiger partial charge in [0.25, 0.3) is 0 Å². The van der Waals surface area contributed by atoms with Gasteiger partial charge in [0, 0.05) is 6.04 Å². The molecule has 0 aromatic heterocycles. The van der Waals surface area contributed by atoms with E-state index in [4.69, 9.17) is 0 Å². The Bertz CT molecular complexity index is 383. The number of fused-ring (bicyclic) bond motifs is 1. The molecule has 0 bridgehead atoms. The van der Waals surface area contributed by atoms with Crippen LogP contribution in [0.25, 0.3) is 0 Å². The fraction of sp³-hybridized carbons (Fsp3) is 0.647. The first-order valence-corrected chi connectivity index (χ1v) is 7.77. The number of rotatable bonds is 7. The Morgan fingerprint density at radius 2 is 1.74 bits per heavy atom. The third-order valence-electron chi connectivity index (χ3n) is 4.23. The van der Waals surface area contributed by atoms with Crippen molar-refractivity contribution in [1.29, 1.82) is 0 Å². The van der Waals surface area contributed by atoms with Gasteiger partial charge < -0.3 is 5.11 Å². The summed E-state index contributed by atoms with van der Waals surface area (Å²) in [6, 6.07) is 8.65. The number of aliphatic hydroxyl groups is 1. The van der Waals surface area contributed by atoms with Crippen LogP contribution in [0.15, 0.2) is 24.3 Å². The Labute approximate surface area is 117 Å². The van der Waals surface area contributed by atoms with Crippen LogP contribution in [-0.4, -0.2) is 29.1 Å². The van der Waals surface area contributed by atoms with E-state index in [1.807, 2.05) is 6.07 Å². The summed E-state index contributed by atoms with van der Waals surface area (Å²) in [6.07, 6.45) is 5.60. The van der Waals surface area contributed by atoms with Crippen molar-refractivity contribution in [2.24, 2.45) is 0 Å². The molecule has 0 amide bonds. The molecule has 0 aliphatic heterocycles. The minimum Gasteiger partial charge on any atom is -0.387 e. The molecule has 0 unspecified atom stereocenters. The summed E-state index contributed by atoms with van der Waals surface area (Å²) in [5.41, 5.74) is 2.48. The maximum Gasteiger partial charge on any atom is 0.0951 e. The van der Waals surface area contributed by atoms with Crippen molar-refractivity contribution >= 4 is 0 Å². The molecule has 1 aliphatic rings. The molecule has 2 heteroatoms. The first-order valence-electron chi connectivity index (χ1n) is 7.77. The van der Waals surface area contributed by atoms with Crippen LogP contribution in [0.4, 0.5) is 0 Å². The van der Waals surface area contributed by atoms with Crippen LogP contribution in [0.1, 0.15) is 56.8 Å². The number of hydrogen-bond donors (Lipinski definition) is 1. The molecule has 106 valence electrons. The highest BCUT2D eigenvalue weighted by Gasteiger charge is 2.34. The van der Waals surface area contributed by atoms with Crippen molar-refractivity contribution in [2.45, 2.75) is 58.1 Å². The van der Waals surface area contributed by atoms with E-state index >= 15 is 0 Å². The van der Waals surface area contributed by atoms with Gasteiger partial charge in [0.2, 0.25) is 0 Å². The zero-order chi connectivity index (χ0) is 13.7. The largest absolute Gasteiger partial charge is 0.387 e. The number of unbranched alkanes of at least 4 members (excludes halogenated alkanes) is 2. The highest BCUT2D eigenvalue weighted by Crippen LogP contribution is 2.34. The maximum absolute atomic E-state index is 10.6. The molecule has 0 heterocycles. The molecule has 19 heavy (non-hydrogen) atoms. The second-order valence-electron chi connectivity index (χ2n) is 5.66. The SMILES string of the molecule is CCCCN(CCCC)[C@@H]1Cc2ccccc2[C@H]1O. The van der Waals surface area contributed by atoms with Crippen LogP contribution >= 0.6 is 0 Å². The average Bonchev–Trinajstić information content (AvgIpc) is 2.77. The summed E-state index contributed by atoms with van der Waals surface area (Å²) in [5.74, 6) is 0. The van der Waals surface area contributed by atoms with Crippen LogP contribution < -0.4 is 0 Å². The molecule has 0 saturated carbocycles. The number of nitrogens with zero attached hydrogens (tertiary/aromatic N) is 1. The molecule has 1 N–H and O–H groups in total. The fourth-order valence-electron chi connectivity index (χ4n) is 3.05. The molecule has 2 atom stereocenters. The van der Waals surface area contributed by atoms with E-state index in [1.54, 1.807) is 0 Å². The van der Waals surface area contributed by atoms with Gasteiger partial charge in [-0.2, -0.15) is 0 Å². The first kappa shape index (κ1) is 14.5. The molecule has 0 saturated heterocycles. The van der Waals surface area contributed by atoms with Gasteiger partial charge in [0.05, 0.1) is 6.10 Å². The van der Waals surface area contributed by atoms with E-state index in [0.717, 1.165) is 25.1 Å². The predicted octanol–water partition coefficient (Wildman–Crippen LogP) is 3.55. The standard InChI is InChI=1S/C17H27NO/c1-3-5-11-18(12-6-4-2)16-13-14-9-7-8-10-15(14)17(16)19/h7-10,16-17,19H,3-6,11-13H2,1-2H3/t16-,17-/m1/s1. The molecule has 0 fully saturated rings. The van der Waals surface area contributed by atoms with Crippen LogP contribution in [0.5, 0.6) is 0 Å². The number of aliphatic hydroxyl groups excluding tert-OH is 1. The van der Waals surface area contributed by atoms with Crippen LogP contribution in [0.3, 0.4) is 0 Å². The Morgan fingerprint density at radius 3 is 2.32 bits per heavy atom. The Kier molecular flexibility index (Phi) is 5.41. The van der Waals surface area contributed by atoms with Crippen molar-refractivity contribution in [1.82, 2.24) is 4.90 Å². The number of benzene rings is 1. The summed E-state index contributed by atoms with van der Waals surface area (Å²) in [5, 5.41) is 10.6. The smallest absolute Gasteiger partial charge is 0.0951 e. The van der Waals surface area contributed by atoms with E-state index in [2.05, 4.69) is 36.9 Å². The quantitative estimate of drug-likeness (QED) is 0.811. The van der Waals surface area contributed by atoms with Gasteiger partial charge in [-0.1, -0.05) is 51.0 Å². The second-order valence-corrected chi connectivity index (χ2v) is 5.66. The Hall–Kier alpha value is -0.860. The minimum absolute atomic E-state index is 0.287. The summed E-state index contributed by atoms with van der Waals surface area (Å²) in [4.78, 5) is 2.51. The molecular weight excluding hydrogens is 234 g/mol. The van der Waals surface area contributed by atoms with Gasteiger partial charge in [-0.05, 0) is 43.5 Å². The minimum atomic E-state index is -0.301. The topological polar surface area (TPSA) is 23.5 Å². The zero-order valence-corrected chi connectivity index (χ0v) is 12.3. The van der Waals surface area contributed by atoms with E-state index in [1.165, 1.54) is 31.2 Å². The first-order chi connectivity index (χ1) is 9.27. The molecule has 0 radical (unpaired) electrons. The van der Waals surface area contributed by atoms with Crippen molar-refractivity contribution in [3.05, 3.63) is 35.4 Å². The lowest BCUT2D eigenvalue weighted by Gasteiger charge is -2.31. The molecule has 1 aliphatic carbocycles. The third-order valence-corrected chi connectivity index (χ3v) is 4.23. The zero-order valence-electron chi connectivity index (χ0n) is 12.3. The fourth-order valence-corrected chi connectivity index (χ4v) is 3.05. The summed E-state index contributed by atoms with van der Waals surface area (Å²) < 4.78 is 0. The predicted molar refractivity (Wildman–Crippen MR) is 80.3 cm³/mol. The molecular formula is C17H27NO. The molecule has 1 aromatic carbocycles. The maximum atomic E-state index is 10.6. The second kappa shape index (κ2) is 7.06. The van der Waals surface area contributed by atoms with Crippen LogP contribution in [0.2, 0.25) is 0 Å². The average molecular weight is 261 g/mol. The lowest BCUT2D eigenvalue weighted by Crippen LogP contribution is -2.39. The van der Waals surface area contributed by atoms with E-state index < -0.39 is 0 Å². The lowest BCUT2D eigenvalue weighted by atomic mass is 10.1. The van der Waals surface area contributed by atoms with E-state index in [9.17, 15) is 5.11 Å². The van der Waals surface area contributed by atoms with Crippen LogP contribution in [-0.2, 0) is 6.42 Å². The van der Waals surface area contributed by atoms with Gasteiger partial charge in [-0.3, -0.25) is 4.90 Å². The van der Waals surface area contributed by atoms with E-state index in [-0.39, 0.29) is 12.1 Å². The Balaban J connectivity index is 2.06. The van der Waals surface area contributed by atoms with Crippen LogP contribution in [0, 0.1) is 0 Å². The highest BCUT2D eigenvalue weighted by atomic mass is 16.3. The molecule has 0 spiro atoms. The molecule has 1 aromatic rings. The Morgan fingerprint density at radius 1 is 1.11 bits per heavy atom. The monoisotopic (exact) mass is 261 g/mol. The summed E-state index contributed by atoms with van der Waals surface area (Å²) in [6.45, 7) is 6.70. The highest BCUT2D eigenvalue weighted by molar-refractivity contribution is 5.35. The molecule has 2 nitrogen and oxygen atoms in total.